The van der Waals surface area contributed by atoms with Crippen LogP contribution in [0.1, 0.15) is 36.7 Å². The lowest BCUT2D eigenvalue weighted by Gasteiger charge is -2.28. The Balaban J connectivity index is 1.50. The van der Waals surface area contributed by atoms with Gasteiger partial charge in [-0.3, -0.25) is 4.79 Å². The van der Waals surface area contributed by atoms with Crippen molar-refractivity contribution in [1.82, 2.24) is 15.6 Å². The van der Waals surface area contributed by atoms with Gasteiger partial charge in [-0.15, -0.1) is 0 Å². The van der Waals surface area contributed by atoms with Crippen molar-refractivity contribution in [2.75, 3.05) is 36.5 Å². The first kappa shape index (κ1) is 21.6. The first-order chi connectivity index (χ1) is 14.3. The summed E-state index contributed by atoms with van der Waals surface area (Å²) in [6, 6.07) is 10.3. The fourth-order valence-electron chi connectivity index (χ4n) is 3.01. The van der Waals surface area contributed by atoms with E-state index in [1.165, 1.54) is 0 Å². The lowest BCUT2D eigenvalue weighted by molar-refractivity contribution is 0.0919. The normalized spacial score (nSPS) is 14.2. The van der Waals surface area contributed by atoms with Crippen molar-refractivity contribution in [3.05, 3.63) is 53.7 Å². The van der Waals surface area contributed by atoms with E-state index in [0.29, 0.717) is 31.0 Å². The van der Waals surface area contributed by atoms with Crippen LogP contribution in [-0.2, 0) is 11.3 Å². The maximum Gasteiger partial charge on any atom is 0.319 e. The highest BCUT2D eigenvalue weighted by Crippen LogP contribution is 2.15. The molecule has 1 fully saturated rings. The van der Waals surface area contributed by atoms with Gasteiger partial charge in [0.1, 0.15) is 5.82 Å². The topological polar surface area (TPSA) is 95.6 Å². The van der Waals surface area contributed by atoms with Crippen molar-refractivity contribution in [1.29, 1.82) is 0 Å². The Morgan fingerprint density at radius 3 is 2.47 bits per heavy atom. The van der Waals surface area contributed by atoms with Crippen LogP contribution < -0.4 is 20.9 Å². The predicted molar refractivity (Wildman–Crippen MR) is 117 cm³/mol. The van der Waals surface area contributed by atoms with Crippen LogP contribution >= 0.6 is 0 Å². The summed E-state index contributed by atoms with van der Waals surface area (Å²) in [4.78, 5) is 31.0. The summed E-state index contributed by atoms with van der Waals surface area (Å²) in [6.45, 7) is 9.19. The number of nitrogens with one attached hydrogen (secondary N) is 3. The minimum Gasteiger partial charge on any atom is -0.378 e. The first-order valence-electron chi connectivity index (χ1n) is 10.1. The van der Waals surface area contributed by atoms with Crippen LogP contribution in [0.4, 0.5) is 16.3 Å². The Morgan fingerprint density at radius 2 is 1.80 bits per heavy atom. The van der Waals surface area contributed by atoms with E-state index < -0.39 is 0 Å². The summed E-state index contributed by atoms with van der Waals surface area (Å²) in [7, 11) is 0. The number of rotatable bonds is 5. The smallest absolute Gasteiger partial charge is 0.319 e. The van der Waals surface area contributed by atoms with Gasteiger partial charge in [0.2, 0.25) is 0 Å². The van der Waals surface area contributed by atoms with Gasteiger partial charge in [-0.2, -0.15) is 0 Å². The molecule has 3 N–H and O–H groups in total. The summed E-state index contributed by atoms with van der Waals surface area (Å²) in [5.74, 6) is 0.745. The number of anilines is 2. The average Bonchev–Trinajstić information content (AvgIpc) is 2.72. The predicted octanol–water partition coefficient (Wildman–Crippen LogP) is 2.77. The zero-order valence-electron chi connectivity index (χ0n) is 17.7. The molecule has 0 bridgehead atoms. The van der Waals surface area contributed by atoms with E-state index in [2.05, 4.69) is 25.8 Å². The second-order valence-corrected chi connectivity index (χ2v) is 8.21. The van der Waals surface area contributed by atoms with Crippen molar-refractivity contribution in [3.63, 3.8) is 0 Å². The Labute approximate surface area is 177 Å². The fourth-order valence-corrected chi connectivity index (χ4v) is 3.01. The number of urea groups is 1. The second-order valence-electron chi connectivity index (χ2n) is 8.21. The van der Waals surface area contributed by atoms with Crippen LogP contribution in [0.5, 0.6) is 0 Å². The molecule has 0 atom stereocenters. The van der Waals surface area contributed by atoms with Gasteiger partial charge in [0.15, 0.2) is 0 Å². The lowest BCUT2D eigenvalue weighted by atomic mass is 10.1. The molecule has 0 radical (unpaired) electrons. The number of aromatic nitrogens is 1. The van der Waals surface area contributed by atoms with Gasteiger partial charge in [-0.05, 0) is 62.7 Å². The molecule has 30 heavy (non-hydrogen) atoms. The first-order valence-corrected chi connectivity index (χ1v) is 10.1. The summed E-state index contributed by atoms with van der Waals surface area (Å²) in [6.07, 6.45) is 1.75. The zero-order valence-corrected chi connectivity index (χ0v) is 17.7. The lowest BCUT2D eigenvalue weighted by Crippen LogP contribution is -2.40. The standard InChI is InChI=1S/C22H29N5O3/c1-22(2,3)26-20(28)17-4-6-18(7-5-17)25-21(29)24-15-16-8-9-23-19(14-16)27-10-12-30-13-11-27/h4-9,14H,10-13,15H2,1-3H3,(H,26,28)(H2,24,25,29). The van der Waals surface area contributed by atoms with Crippen LogP contribution in [0.3, 0.4) is 0 Å². The zero-order chi connectivity index (χ0) is 21.6. The third kappa shape index (κ3) is 6.45. The van der Waals surface area contributed by atoms with Crippen LogP contribution in [0.25, 0.3) is 0 Å². The third-order valence-electron chi connectivity index (χ3n) is 4.49. The summed E-state index contributed by atoms with van der Waals surface area (Å²) < 4.78 is 5.37. The summed E-state index contributed by atoms with van der Waals surface area (Å²) in [5, 5.41) is 8.53. The van der Waals surface area contributed by atoms with Crippen molar-refractivity contribution < 1.29 is 14.3 Å². The van der Waals surface area contributed by atoms with E-state index in [9.17, 15) is 9.59 Å². The molecule has 160 valence electrons. The summed E-state index contributed by atoms with van der Waals surface area (Å²) >= 11 is 0. The molecule has 1 aliphatic rings. The van der Waals surface area contributed by atoms with E-state index in [1.807, 2.05) is 32.9 Å². The Kier molecular flexibility index (Phi) is 6.89. The van der Waals surface area contributed by atoms with Crippen molar-refractivity contribution in [2.24, 2.45) is 0 Å². The van der Waals surface area contributed by atoms with Crippen LogP contribution in [0.2, 0.25) is 0 Å². The Morgan fingerprint density at radius 1 is 1.10 bits per heavy atom. The minimum absolute atomic E-state index is 0.146. The van der Waals surface area contributed by atoms with Gasteiger partial charge in [0, 0.05) is 42.6 Å². The number of carbonyl (C=O) groups is 2. The molecule has 0 spiro atoms. The minimum atomic E-state index is -0.313. The van der Waals surface area contributed by atoms with E-state index >= 15 is 0 Å². The molecule has 8 heteroatoms. The van der Waals surface area contributed by atoms with Gasteiger partial charge in [0.05, 0.1) is 13.2 Å². The van der Waals surface area contributed by atoms with Gasteiger partial charge in [-0.1, -0.05) is 0 Å². The number of pyridine rings is 1. The molecule has 0 unspecified atom stereocenters. The fraction of sp³-hybridized carbons (Fsp3) is 0.409. The number of hydrogen-bond donors (Lipinski definition) is 3. The highest BCUT2D eigenvalue weighted by Gasteiger charge is 2.15. The number of ether oxygens (including phenoxy) is 1. The quantitative estimate of drug-likeness (QED) is 0.703. The second kappa shape index (κ2) is 9.58. The molecule has 8 nitrogen and oxygen atoms in total. The summed E-state index contributed by atoms with van der Waals surface area (Å²) in [5.41, 5.74) is 1.82. The van der Waals surface area contributed by atoms with Gasteiger partial charge in [-0.25, -0.2) is 9.78 Å². The molecular weight excluding hydrogens is 382 g/mol. The molecule has 1 aromatic heterocycles. The average molecular weight is 412 g/mol. The maximum atomic E-state index is 12.2. The maximum absolute atomic E-state index is 12.2. The van der Waals surface area contributed by atoms with Crippen molar-refractivity contribution in [3.8, 4) is 0 Å². The monoisotopic (exact) mass is 411 g/mol. The van der Waals surface area contributed by atoms with E-state index in [0.717, 1.165) is 24.5 Å². The Bertz CT molecular complexity index is 871. The van der Waals surface area contributed by atoms with E-state index in [4.69, 9.17) is 4.74 Å². The Hall–Kier alpha value is -3.13. The molecular formula is C22H29N5O3. The molecule has 1 aromatic carbocycles. The number of amides is 3. The SMILES string of the molecule is CC(C)(C)NC(=O)c1ccc(NC(=O)NCc2ccnc(N3CCOCC3)c2)cc1. The van der Waals surface area contributed by atoms with Crippen LogP contribution in [0, 0.1) is 0 Å². The number of carbonyl (C=O) groups excluding carboxylic acids is 2. The number of benzene rings is 1. The number of nitrogens with zero attached hydrogens (tertiary/aromatic N) is 2. The van der Waals surface area contributed by atoms with Gasteiger partial charge >= 0.3 is 6.03 Å². The molecule has 2 heterocycles. The van der Waals surface area contributed by atoms with E-state index in [-0.39, 0.29) is 17.5 Å². The third-order valence-corrected chi connectivity index (χ3v) is 4.49. The van der Waals surface area contributed by atoms with Crippen LogP contribution in [-0.4, -0.2) is 48.8 Å². The molecule has 1 saturated heterocycles. The highest BCUT2D eigenvalue weighted by molar-refractivity contribution is 5.95. The largest absolute Gasteiger partial charge is 0.378 e. The molecule has 3 amide bonds. The number of morpholine rings is 1. The molecule has 2 aromatic rings. The van der Waals surface area contributed by atoms with E-state index in [1.54, 1.807) is 30.5 Å². The van der Waals surface area contributed by atoms with Gasteiger partial charge < -0.3 is 25.6 Å². The van der Waals surface area contributed by atoms with Crippen LogP contribution in [0.15, 0.2) is 42.6 Å². The molecule has 0 aliphatic carbocycles. The van der Waals surface area contributed by atoms with Crippen molar-refractivity contribution >= 4 is 23.4 Å². The molecule has 0 saturated carbocycles. The van der Waals surface area contributed by atoms with Crippen molar-refractivity contribution in [2.45, 2.75) is 32.9 Å². The molecule has 3 rings (SSSR count). The highest BCUT2D eigenvalue weighted by atomic mass is 16.5. The molecule has 1 aliphatic heterocycles. The van der Waals surface area contributed by atoms with Gasteiger partial charge in [0.25, 0.3) is 5.91 Å². The number of hydrogen-bond acceptors (Lipinski definition) is 5.